The van der Waals surface area contributed by atoms with Gasteiger partial charge in [0.15, 0.2) is 11.4 Å². The van der Waals surface area contributed by atoms with Crippen LogP contribution in [0.4, 0.5) is 8.78 Å². The molecule has 2 aliphatic heterocycles. The van der Waals surface area contributed by atoms with Gasteiger partial charge in [0.05, 0.1) is 6.04 Å². The van der Waals surface area contributed by atoms with Gasteiger partial charge < -0.3 is 24.6 Å². The summed E-state index contributed by atoms with van der Waals surface area (Å²) in [5.41, 5.74) is -1.88. The predicted molar refractivity (Wildman–Crippen MR) is 138 cm³/mol. The van der Waals surface area contributed by atoms with Gasteiger partial charge in [0, 0.05) is 37.0 Å². The number of nitrogens with zero attached hydrogens (tertiary/aromatic N) is 2. The first-order valence-corrected chi connectivity index (χ1v) is 12.5. The number of pyridine rings is 1. The molecule has 202 valence electrons. The van der Waals surface area contributed by atoms with Gasteiger partial charge in [-0.25, -0.2) is 8.78 Å². The zero-order chi connectivity index (χ0) is 27.9. The maximum atomic E-state index is 14.1. The Morgan fingerprint density at radius 3 is 2.64 bits per heavy atom. The molecule has 10 heteroatoms. The smallest absolute Gasteiger partial charge is 0.275 e. The topological polar surface area (TPSA) is 101 Å². The molecule has 5 rings (SSSR count). The molecule has 0 unspecified atom stereocenters. The van der Waals surface area contributed by atoms with Crippen molar-refractivity contribution in [3.63, 3.8) is 0 Å². The van der Waals surface area contributed by atoms with Crippen molar-refractivity contribution in [1.29, 1.82) is 0 Å². The molecule has 2 bridgehead atoms. The lowest BCUT2D eigenvalue weighted by Gasteiger charge is -2.41. The van der Waals surface area contributed by atoms with Crippen molar-refractivity contribution in [2.75, 3.05) is 6.54 Å². The Hall–Kier alpha value is -4.31. The molecule has 0 spiro atoms. The molecular formula is C29H27F2N3O5. The molecule has 0 saturated heterocycles. The lowest BCUT2D eigenvalue weighted by Crippen LogP contribution is -2.52. The Morgan fingerprint density at radius 2 is 1.92 bits per heavy atom. The predicted octanol–water partition coefficient (Wildman–Crippen LogP) is 3.34. The SMILES string of the molecule is C[C@H]1C=C[C@](C)(O)[C@H]2CN1C(=O)c1c(OCc3ccccc3)c(=O)c(C(=O)NCc3ccc(F)cc3F)cn12. The van der Waals surface area contributed by atoms with Gasteiger partial charge in [-0.3, -0.25) is 14.4 Å². The molecule has 0 fully saturated rings. The number of hydrogen-bond donors (Lipinski definition) is 2. The van der Waals surface area contributed by atoms with Crippen LogP contribution >= 0.6 is 0 Å². The lowest BCUT2D eigenvalue weighted by molar-refractivity contribution is 0.0202. The number of benzene rings is 2. The molecule has 3 atom stereocenters. The minimum atomic E-state index is -1.42. The second-order valence-corrected chi connectivity index (χ2v) is 9.95. The van der Waals surface area contributed by atoms with Crippen molar-refractivity contribution in [2.45, 2.75) is 44.7 Å². The average molecular weight is 536 g/mol. The summed E-state index contributed by atoms with van der Waals surface area (Å²) in [7, 11) is 0. The van der Waals surface area contributed by atoms with E-state index in [1.165, 1.54) is 16.8 Å². The highest BCUT2D eigenvalue weighted by Gasteiger charge is 2.45. The molecule has 8 nitrogen and oxygen atoms in total. The summed E-state index contributed by atoms with van der Waals surface area (Å²) < 4.78 is 34.7. The Kier molecular flexibility index (Phi) is 6.82. The summed E-state index contributed by atoms with van der Waals surface area (Å²) in [5, 5.41) is 13.8. The van der Waals surface area contributed by atoms with E-state index in [1.54, 1.807) is 48.2 Å². The lowest BCUT2D eigenvalue weighted by atomic mass is 9.93. The normalized spacial score (nSPS) is 21.8. The Balaban J connectivity index is 1.59. The van der Waals surface area contributed by atoms with E-state index in [0.29, 0.717) is 6.07 Å². The first-order valence-electron chi connectivity index (χ1n) is 12.5. The van der Waals surface area contributed by atoms with Crippen molar-refractivity contribution in [2.24, 2.45) is 0 Å². The fourth-order valence-electron chi connectivity index (χ4n) is 4.88. The first kappa shape index (κ1) is 26.3. The van der Waals surface area contributed by atoms with Gasteiger partial charge in [-0.05, 0) is 25.5 Å². The number of hydrogen-bond acceptors (Lipinski definition) is 5. The molecule has 0 aliphatic carbocycles. The molecule has 3 heterocycles. The van der Waals surface area contributed by atoms with Gasteiger partial charge in [0.25, 0.3) is 11.8 Å². The highest BCUT2D eigenvalue weighted by Crippen LogP contribution is 2.37. The third-order valence-corrected chi connectivity index (χ3v) is 7.16. The number of aromatic nitrogens is 1. The minimum absolute atomic E-state index is 0.0278. The van der Waals surface area contributed by atoms with Crippen molar-refractivity contribution in [3.8, 4) is 5.75 Å². The molecule has 1 aromatic heterocycles. The molecule has 0 saturated carbocycles. The summed E-state index contributed by atoms with van der Waals surface area (Å²) in [6.07, 6.45) is 4.56. The third-order valence-electron chi connectivity index (χ3n) is 7.16. The van der Waals surface area contributed by atoms with Crippen LogP contribution < -0.4 is 15.5 Å². The number of amides is 2. The van der Waals surface area contributed by atoms with E-state index in [-0.39, 0.29) is 48.3 Å². The molecule has 3 aromatic rings. The summed E-state index contributed by atoms with van der Waals surface area (Å²) in [6.45, 7) is 3.18. The monoisotopic (exact) mass is 535 g/mol. The number of rotatable bonds is 6. The summed E-state index contributed by atoms with van der Waals surface area (Å²) in [6, 6.07) is 10.9. The number of ether oxygens (including phenoxy) is 1. The van der Waals surface area contributed by atoms with Crippen LogP contribution in [0.2, 0.25) is 0 Å². The van der Waals surface area contributed by atoms with Crippen LogP contribution in [0.5, 0.6) is 5.75 Å². The van der Waals surface area contributed by atoms with Crippen LogP contribution in [0.1, 0.15) is 51.9 Å². The maximum Gasteiger partial charge on any atom is 0.275 e. The van der Waals surface area contributed by atoms with Gasteiger partial charge in [-0.1, -0.05) is 48.6 Å². The number of aliphatic hydroxyl groups is 1. The van der Waals surface area contributed by atoms with Crippen molar-refractivity contribution in [1.82, 2.24) is 14.8 Å². The Morgan fingerprint density at radius 1 is 1.18 bits per heavy atom. The number of nitrogens with one attached hydrogen (secondary N) is 1. The highest BCUT2D eigenvalue weighted by atomic mass is 19.1. The van der Waals surface area contributed by atoms with Gasteiger partial charge in [0.1, 0.15) is 29.4 Å². The average Bonchev–Trinajstić information content (AvgIpc) is 3.01. The molecule has 39 heavy (non-hydrogen) atoms. The quantitative estimate of drug-likeness (QED) is 0.472. The van der Waals surface area contributed by atoms with E-state index in [0.717, 1.165) is 11.6 Å². The van der Waals surface area contributed by atoms with Gasteiger partial charge in [0.2, 0.25) is 5.43 Å². The molecule has 2 N–H and O–H groups in total. The number of fused-ring (bicyclic) bond motifs is 4. The van der Waals surface area contributed by atoms with E-state index < -0.39 is 40.5 Å². The number of carbonyl (C=O) groups is 2. The third kappa shape index (κ3) is 4.95. The van der Waals surface area contributed by atoms with Crippen molar-refractivity contribution < 1.29 is 28.2 Å². The molecule has 0 radical (unpaired) electrons. The molecule has 2 aromatic carbocycles. The van der Waals surface area contributed by atoms with Crippen LogP contribution in [0.25, 0.3) is 0 Å². The Labute approximate surface area is 223 Å². The zero-order valence-corrected chi connectivity index (χ0v) is 21.4. The van der Waals surface area contributed by atoms with E-state index in [9.17, 15) is 28.3 Å². The molecular weight excluding hydrogens is 508 g/mol. The van der Waals surface area contributed by atoms with Crippen molar-refractivity contribution in [3.05, 3.63) is 111 Å². The largest absolute Gasteiger partial charge is 0.483 e. The first-order chi connectivity index (χ1) is 18.6. The minimum Gasteiger partial charge on any atom is -0.483 e. The number of halogens is 2. The zero-order valence-electron chi connectivity index (χ0n) is 21.4. The Bertz CT molecular complexity index is 1530. The van der Waals surface area contributed by atoms with Crippen LogP contribution in [-0.4, -0.2) is 44.6 Å². The van der Waals surface area contributed by atoms with Gasteiger partial charge in [-0.15, -0.1) is 0 Å². The van der Waals surface area contributed by atoms with E-state index in [2.05, 4.69) is 5.32 Å². The van der Waals surface area contributed by atoms with Gasteiger partial charge >= 0.3 is 0 Å². The fourth-order valence-corrected chi connectivity index (χ4v) is 4.88. The highest BCUT2D eigenvalue weighted by molar-refractivity contribution is 5.99. The summed E-state index contributed by atoms with van der Waals surface area (Å²) >= 11 is 0. The van der Waals surface area contributed by atoms with Gasteiger partial charge in [-0.2, -0.15) is 0 Å². The fraction of sp³-hybridized carbons (Fsp3) is 0.276. The van der Waals surface area contributed by atoms with Crippen LogP contribution in [0, 0.1) is 11.6 Å². The van der Waals surface area contributed by atoms with Crippen LogP contribution in [-0.2, 0) is 13.2 Å². The number of carbonyl (C=O) groups excluding carboxylic acids is 2. The standard InChI is InChI=1S/C29H27F2N3O5/c1-17-10-11-29(2,38)23-15-33(17)28(37)24-26(39-16-18-6-4-3-5-7-18)25(35)21(14-34(23)24)27(36)32-13-19-8-9-20(30)12-22(19)31/h3-12,14,17,23,38H,13,15-16H2,1-2H3,(H,32,36)/t17-,23+,29-/m0/s1. The van der Waals surface area contributed by atoms with Crippen LogP contribution in [0.15, 0.2) is 71.7 Å². The van der Waals surface area contributed by atoms with E-state index >= 15 is 0 Å². The summed E-state index contributed by atoms with van der Waals surface area (Å²) in [5.74, 6) is -3.22. The van der Waals surface area contributed by atoms with Crippen molar-refractivity contribution >= 4 is 11.8 Å². The molecule has 2 aliphatic rings. The van der Waals surface area contributed by atoms with E-state index in [1.807, 2.05) is 13.0 Å². The molecule has 2 amide bonds. The van der Waals surface area contributed by atoms with E-state index in [4.69, 9.17) is 4.74 Å². The second-order valence-electron chi connectivity index (χ2n) is 9.95. The second kappa shape index (κ2) is 10.1. The van der Waals surface area contributed by atoms with Crippen LogP contribution in [0.3, 0.4) is 0 Å². The maximum absolute atomic E-state index is 14.1. The summed E-state index contributed by atoms with van der Waals surface area (Å²) in [4.78, 5) is 42.1.